The first kappa shape index (κ1) is 12.9. The zero-order valence-electron chi connectivity index (χ0n) is 11.6. The Morgan fingerprint density at radius 1 is 1.37 bits per heavy atom. The van der Waals surface area contributed by atoms with Crippen molar-refractivity contribution in [3.05, 3.63) is 16.5 Å². The molecule has 0 amide bonds. The maximum Gasteiger partial charge on any atom is 0.146 e. The van der Waals surface area contributed by atoms with E-state index in [2.05, 4.69) is 43.5 Å². The molecule has 0 aromatic carbocycles. The molecule has 0 aliphatic carbocycles. The first-order chi connectivity index (χ1) is 9.06. The molecule has 0 radical (unpaired) electrons. The summed E-state index contributed by atoms with van der Waals surface area (Å²) in [6.07, 6.45) is 4.63. The van der Waals surface area contributed by atoms with Crippen LogP contribution in [-0.4, -0.2) is 27.6 Å². The van der Waals surface area contributed by atoms with Crippen LogP contribution >= 0.6 is 15.9 Å². The smallest absolute Gasteiger partial charge is 0.146 e. The summed E-state index contributed by atoms with van der Waals surface area (Å²) in [5.41, 5.74) is 1.01. The Balaban J connectivity index is 2.16. The van der Waals surface area contributed by atoms with Crippen molar-refractivity contribution in [2.24, 2.45) is 13.0 Å². The maximum atomic E-state index is 4.71. The SMILES string of the molecule is Cc1nc(N2CCCC(C)C2)c2c(Br)cn(C)c2n1. The van der Waals surface area contributed by atoms with Gasteiger partial charge < -0.3 is 9.47 Å². The quantitative estimate of drug-likeness (QED) is 0.808. The lowest BCUT2D eigenvalue weighted by Crippen LogP contribution is -2.35. The number of hydrogen-bond donors (Lipinski definition) is 0. The number of piperidine rings is 1. The summed E-state index contributed by atoms with van der Waals surface area (Å²) in [5, 5.41) is 1.14. The van der Waals surface area contributed by atoms with Crippen LogP contribution in [0.2, 0.25) is 0 Å². The lowest BCUT2D eigenvalue weighted by Gasteiger charge is -2.32. The van der Waals surface area contributed by atoms with Crippen molar-refractivity contribution in [2.45, 2.75) is 26.7 Å². The summed E-state index contributed by atoms with van der Waals surface area (Å²) in [7, 11) is 2.03. The van der Waals surface area contributed by atoms with Crippen LogP contribution in [0.4, 0.5) is 5.82 Å². The minimum atomic E-state index is 0.738. The Morgan fingerprint density at radius 3 is 2.89 bits per heavy atom. The molecule has 1 atom stereocenters. The van der Waals surface area contributed by atoms with Gasteiger partial charge in [0.25, 0.3) is 0 Å². The monoisotopic (exact) mass is 322 g/mol. The van der Waals surface area contributed by atoms with Gasteiger partial charge in [-0.05, 0) is 41.6 Å². The average molecular weight is 323 g/mol. The van der Waals surface area contributed by atoms with E-state index in [1.54, 1.807) is 0 Å². The fourth-order valence-corrected chi connectivity index (χ4v) is 3.58. The highest BCUT2D eigenvalue weighted by atomic mass is 79.9. The predicted octanol–water partition coefficient (Wildman–Crippen LogP) is 3.28. The van der Waals surface area contributed by atoms with Crippen molar-refractivity contribution in [3.8, 4) is 0 Å². The number of anilines is 1. The van der Waals surface area contributed by atoms with E-state index in [0.717, 1.165) is 46.2 Å². The molecule has 2 aromatic heterocycles. The molecule has 1 fully saturated rings. The average Bonchev–Trinajstić information content (AvgIpc) is 2.64. The molecule has 2 aromatic rings. The third kappa shape index (κ3) is 2.24. The first-order valence-electron chi connectivity index (χ1n) is 6.80. The zero-order valence-corrected chi connectivity index (χ0v) is 13.2. The summed E-state index contributed by atoms with van der Waals surface area (Å²) < 4.78 is 3.14. The van der Waals surface area contributed by atoms with Gasteiger partial charge >= 0.3 is 0 Å². The van der Waals surface area contributed by atoms with Gasteiger partial charge in [-0.1, -0.05) is 6.92 Å². The number of nitrogens with zero attached hydrogens (tertiary/aromatic N) is 4. The van der Waals surface area contributed by atoms with Gasteiger partial charge in [0.2, 0.25) is 0 Å². The highest BCUT2D eigenvalue weighted by Gasteiger charge is 2.22. The normalized spacial score (nSPS) is 20.2. The fraction of sp³-hybridized carbons (Fsp3) is 0.571. The Bertz CT molecular complexity index is 619. The number of aryl methyl sites for hydroxylation is 2. The van der Waals surface area contributed by atoms with Gasteiger partial charge in [-0.2, -0.15) is 0 Å². The van der Waals surface area contributed by atoms with Crippen LogP contribution in [0, 0.1) is 12.8 Å². The summed E-state index contributed by atoms with van der Waals surface area (Å²) in [4.78, 5) is 11.7. The number of fused-ring (bicyclic) bond motifs is 1. The number of aromatic nitrogens is 3. The minimum absolute atomic E-state index is 0.738. The fourth-order valence-electron chi connectivity index (χ4n) is 2.92. The molecular weight excluding hydrogens is 304 g/mol. The van der Waals surface area contributed by atoms with Crippen LogP contribution in [-0.2, 0) is 7.05 Å². The van der Waals surface area contributed by atoms with Gasteiger partial charge in [-0.15, -0.1) is 0 Å². The summed E-state index contributed by atoms with van der Waals surface area (Å²) >= 11 is 3.65. The molecule has 3 heterocycles. The largest absolute Gasteiger partial charge is 0.356 e. The molecule has 0 bridgehead atoms. The second kappa shape index (κ2) is 4.78. The molecule has 0 saturated carbocycles. The lowest BCUT2D eigenvalue weighted by atomic mass is 10.0. The zero-order chi connectivity index (χ0) is 13.6. The second-order valence-electron chi connectivity index (χ2n) is 5.57. The van der Waals surface area contributed by atoms with Gasteiger partial charge in [-0.25, -0.2) is 9.97 Å². The summed E-state index contributed by atoms with van der Waals surface area (Å²) in [6, 6.07) is 0. The van der Waals surface area contributed by atoms with Gasteiger partial charge in [0.05, 0.1) is 5.39 Å². The van der Waals surface area contributed by atoms with E-state index in [9.17, 15) is 0 Å². The Labute approximate surface area is 122 Å². The van der Waals surface area contributed by atoms with E-state index < -0.39 is 0 Å². The first-order valence-corrected chi connectivity index (χ1v) is 7.59. The molecule has 0 N–H and O–H groups in total. The molecule has 4 nitrogen and oxygen atoms in total. The molecule has 0 spiro atoms. The van der Waals surface area contributed by atoms with Crippen molar-refractivity contribution in [2.75, 3.05) is 18.0 Å². The third-order valence-corrected chi connectivity index (χ3v) is 4.42. The van der Waals surface area contributed by atoms with Crippen LogP contribution in [0.5, 0.6) is 0 Å². The van der Waals surface area contributed by atoms with Crippen LogP contribution in [0.15, 0.2) is 10.7 Å². The Hall–Kier alpha value is -1.10. The predicted molar refractivity (Wildman–Crippen MR) is 81.6 cm³/mol. The third-order valence-electron chi connectivity index (χ3n) is 3.82. The second-order valence-corrected chi connectivity index (χ2v) is 6.43. The standard InChI is InChI=1S/C14H19BrN4/c1-9-5-4-6-19(7-9)14-12-11(15)8-18(3)13(12)16-10(2)17-14/h8-9H,4-7H2,1-3H3. The summed E-state index contributed by atoms with van der Waals surface area (Å²) in [5.74, 6) is 2.66. The van der Waals surface area contributed by atoms with E-state index in [1.807, 2.05) is 14.0 Å². The molecular formula is C14H19BrN4. The van der Waals surface area contributed by atoms with Crippen molar-refractivity contribution in [1.29, 1.82) is 0 Å². The van der Waals surface area contributed by atoms with Crippen molar-refractivity contribution < 1.29 is 0 Å². The van der Waals surface area contributed by atoms with Gasteiger partial charge in [-0.3, -0.25) is 0 Å². The van der Waals surface area contributed by atoms with Gasteiger partial charge in [0, 0.05) is 30.8 Å². The molecule has 102 valence electrons. The highest BCUT2D eigenvalue weighted by Crippen LogP contribution is 2.33. The maximum absolute atomic E-state index is 4.71. The van der Waals surface area contributed by atoms with Crippen molar-refractivity contribution in [3.63, 3.8) is 0 Å². The van der Waals surface area contributed by atoms with Crippen LogP contribution in [0.25, 0.3) is 11.0 Å². The summed E-state index contributed by atoms with van der Waals surface area (Å²) in [6.45, 7) is 6.47. The molecule has 3 rings (SSSR count). The molecule has 1 aliphatic heterocycles. The molecule has 5 heteroatoms. The highest BCUT2D eigenvalue weighted by molar-refractivity contribution is 9.10. The molecule has 19 heavy (non-hydrogen) atoms. The van der Waals surface area contributed by atoms with Crippen molar-refractivity contribution in [1.82, 2.24) is 14.5 Å². The Morgan fingerprint density at radius 2 is 2.16 bits per heavy atom. The number of halogens is 1. The van der Waals surface area contributed by atoms with E-state index in [1.165, 1.54) is 12.8 Å². The van der Waals surface area contributed by atoms with Crippen LogP contribution in [0.3, 0.4) is 0 Å². The minimum Gasteiger partial charge on any atom is -0.356 e. The topological polar surface area (TPSA) is 34.0 Å². The van der Waals surface area contributed by atoms with E-state index in [0.29, 0.717) is 0 Å². The van der Waals surface area contributed by atoms with Crippen molar-refractivity contribution >= 4 is 32.8 Å². The molecule has 1 saturated heterocycles. The number of hydrogen-bond acceptors (Lipinski definition) is 3. The molecule has 1 aliphatic rings. The Kier molecular flexibility index (Phi) is 3.25. The van der Waals surface area contributed by atoms with E-state index >= 15 is 0 Å². The van der Waals surface area contributed by atoms with Gasteiger partial charge in [0.15, 0.2) is 0 Å². The van der Waals surface area contributed by atoms with Crippen LogP contribution in [0.1, 0.15) is 25.6 Å². The van der Waals surface area contributed by atoms with E-state index in [4.69, 9.17) is 4.98 Å². The molecule has 1 unspecified atom stereocenters. The number of rotatable bonds is 1. The van der Waals surface area contributed by atoms with E-state index in [-0.39, 0.29) is 0 Å². The van der Waals surface area contributed by atoms with Gasteiger partial charge in [0.1, 0.15) is 17.3 Å². The van der Waals surface area contributed by atoms with Crippen LogP contribution < -0.4 is 4.90 Å². The lowest BCUT2D eigenvalue weighted by molar-refractivity contribution is 0.445.